The molecule has 2 aromatic carbocycles. The van der Waals surface area contributed by atoms with E-state index in [2.05, 4.69) is 9.97 Å². The first-order valence-corrected chi connectivity index (χ1v) is 9.53. The van der Waals surface area contributed by atoms with Crippen molar-refractivity contribution in [3.63, 3.8) is 0 Å². The fourth-order valence-corrected chi connectivity index (χ4v) is 3.26. The van der Waals surface area contributed by atoms with Gasteiger partial charge in [0.15, 0.2) is 17.3 Å². The summed E-state index contributed by atoms with van der Waals surface area (Å²) < 4.78 is 11.1. The normalized spacial score (nSPS) is 11.9. The van der Waals surface area contributed by atoms with E-state index >= 15 is 0 Å². The van der Waals surface area contributed by atoms with Crippen molar-refractivity contribution in [2.75, 3.05) is 7.11 Å². The van der Waals surface area contributed by atoms with Gasteiger partial charge in [-0.05, 0) is 55.8 Å². The molecule has 1 heterocycles. The van der Waals surface area contributed by atoms with Gasteiger partial charge in [0, 0.05) is 5.02 Å². The third kappa shape index (κ3) is 4.43. The molecule has 0 spiro atoms. The number of ether oxygens (including phenoxy) is 2. The summed E-state index contributed by atoms with van der Waals surface area (Å²) in [5.41, 5.74) is 0.832. The predicted molar refractivity (Wildman–Crippen MR) is 115 cm³/mol. The van der Waals surface area contributed by atoms with Crippen LogP contribution in [0, 0.1) is 0 Å². The standard InChI is InChI=1S/C20H17Cl3N2O3/c1-10(2)28-18-14(22)6-11(8-17(18)27-3)7-15(23)19-24-16-5-4-12(21)9-13(16)20(26)25-19/h4-10H,1-3H3,(H,24,25,26)/b15-7-. The second-order valence-corrected chi connectivity index (χ2v) is 7.52. The van der Waals surface area contributed by atoms with E-state index in [1.165, 1.54) is 7.11 Å². The average molecular weight is 440 g/mol. The van der Waals surface area contributed by atoms with E-state index in [-0.39, 0.29) is 22.5 Å². The number of nitrogens with zero attached hydrogens (tertiary/aromatic N) is 1. The number of hydrogen-bond donors (Lipinski definition) is 1. The van der Waals surface area contributed by atoms with Crippen molar-refractivity contribution in [3.05, 3.63) is 62.1 Å². The highest BCUT2D eigenvalue weighted by Gasteiger charge is 2.14. The van der Waals surface area contributed by atoms with Gasteiger partial charge in [0.2, 0.25) is 0 Å². The van der Waals surface area contributed by atoms with Crippen LogP contribution in [-0.4, -0.2) is 23.2 Å². The summed E-state index contributed by atoms with van der Waals surface area (Å²) in [5.74, 6) is 1.17. The lowest BCUT2D eigenvalue weighted by molar-refractivity contribution is 0.230. The van der Waals surface area contributed by atoms with Gasteiger partial charge in [0.25, 0.3) is 5.56 Å². The Balaban J connectivity index is 2.04. The predicted octanol–water partition coefficient (Wildman–Crippen LogP) is 5.76. The highest BCUT2D eigenvalue weighted by atomic mass is 35.5. The molecule has 0 unspecified atom stereocenters. The molecule has 0 aliphatic carbocycles. The van der Waals surface area contributed by atoms with Crippen LogP contribution < -0.4 is 15.0 Å². The second-order valence-electron chi connectivity index (χ2n) is 6.27. The summed E-state index contributed by atoms with van der Waals surface area (Å²) in [4.78, 5) is 19.4. The molecule has 3 aromatic rings. The molecule has 8 heteroatoms. The lowest BCUT2D eigenvalue weighted by atomic mass is 10.1. The Morgan fingerprint density at radius 3 is 2.64 bits per heavy atom. The largest absolute Gasteiger partial charge is 0.493 e. The quantitative estimate of drug-likeness (QED) is 0.549. The first kappa shape index (κ1) is 20.5. The van der Waals surface area contributed by atoms with E-state index in [4.69, 9.17) is 44.3 Å². The molecule has 1 aromatic heterocycles. The Hall–Kier alpha value is -2.21. The molecule has 0 radical (unpaired) electrons. The van der Waals surface area contributed by atoms with Crippen molar-refractivity contribution < 1.29 is 9.47 Å². The van der Waals surface area contributed by atoms with E-state index in [9.17, 15) is 4.79 Å². The van der Waals surface area contributed by atoms with Crippen molar-refractivity contribution in [1.82, 2.24) is 9.97 Å². The zero-order valence-electron chi connectivity index (χ0n) is 15.3. The van der Waals surface area contributed by atoms with Gasteiger partial charge in [-0.25, -0.2) is 4.98 Å². The van der Waals surface area contributed by atoms with Crippen molar-refractivity contribution in [2.45, 2.75) is 20.0 Å². The van der Waals surface area contributed by atoms with Crippen molar-refractivity contribution in [3.8, 4) is 11.5 Å². The molecule has 1 N–H and O–H groups in total. The zero-order chi connectivity index (χ0) is 20.4. The smallest absolute Gasteiger partial charge is 0.259 e. The maximum Gasteiger partial charge on any atom is 0.259 e. The fourth-order valence-electron chi connectivity index (χ4n) is 2.61. The number of methoxy groups -OCH3 is 1. The molecule has 0 atom stereocenters. The van der Waals surface area contributed by atoms with Gasteiger partial charge >= 0.3 is 0 Å². The monoisotopic (exact) mass is 438 g/mol. The van der Waals surface area contributed by atoms with Crippen LogP contribution in [0.3, 0.4) is 0 Å². The SMILES string of the molecule is COc1cc(/C=C(\Cl)c2nc3ccc(Cl)cc3c(=O)[nH]2)cc(Cl)c1OC(C)C. The summed E-state index contributed by atoms with van der Waals surface area (Å²) in [6.45, 7) is 3.80. The third-order valence-electron chi connectivity index (χ3n) is 3.79. The van der Waals surface area contributed by atoms with Crippen LogP contribution in [0.15, 0.2) is 35.1 Å². The Kier molecular flexibility index (Phi) is 6.18. The number of hydrogen-bond acceptors (Lipinski definition) is 4. The molecule has 28 heavy (non-hydrogen) atoms. The molecule has 146 valence electrons. The van der Waals surface area contributed by atoms with Gasteiger partial charge in [-0.1, -0.05) is 34.8 Å². The number of nitrogens with one attached hydrogen (secondary N) is 1. The molecule has 0 aliphatic heterocycles. The molecule has 0 amide bonds. The minimum Gasteiger partial charge on any atom is -0.493 e. The maximum absolute atomic E-state index is 12.3. The molecular weight excluding hydrogens is 423 g/mol. The van der Waals surface area contributed by atoms with Crippen molar-refractivity contribution >= 4 is 56.8 Å². The van der Waals surface area contributed by atoms with E-state index < -0.39 is 0 Å². The molecule has 0 bridgehead atoms. The van der Waals surface area contributed by atoms with E-state index in [1.54, 1.807) is 36.4 Å². The number of benzene rings is 2. The van der Waals surface area contributed by atoms with E-state index in [0.29, 0.717) is 38.0 Å². The van der Waals surface area contributed by atoms with Gasteiger partial charge in [-0.3, -0.25) is 4.79 Å². The number of halogens is 3. The highest BCUT2D eigenvalue weighted by molar-refractivity contribution is 6.50. The van der Waals surface area contributed by atoms with Crippen LogP contribution in [0.4, 0.5) is 0 Å². The molecule has 0 aliphatic rings. The molecule has 0 fully saturated rings. The van der Waals surface area contributed by atoms with Gasteiger partial charge in [-0.2, -0.15) is 0 Å². The average Bonchev–Trinajstić information content (AvgIpc) is 2.63. The van der Waals surface area contributed by atoms with Gasteiger partial charge in [0.1, 0.15) is 0 Å². The lowest BCUT2D eigenvalue weighted by Gasteiger charge is -2.15. The lowest BCUT2D eigenvalue weighted by Crippen LogP contribution is -2.10. The Bertz CT molecular complexity index is 1120. The minimum absolute atomic E-state index is 0.0586. The topological polar surface area (TPSA) is 64.2 Å². The summed E-state index contributed by atoms with van der Waals surface area (Å²) in [5, 5.41) is 1.48. The van der Waals surface area contributed by atoms with Crippen LogP contribution in [0.25, 0.3) is 22.0 Å². The van der Waals surface area contributed by atoms with Crippen LogP contribution in [0.1, 0.15) is 25.2 Å². The number of aromatic nitrogens is 2. The van der Waals surface area contributed by atoms with Gasteiger partial charge in [0.05, 0.1) is 34.2 Å². The zero-order valence-corrected chi connectivity index (χ0v) is 17.6. The molecule has 0 saturated carbocycles. The van der Waals surface area contributed by atoms with Crippen LogP contribution in [-0.2, 0) is 0 Å². The Labute approximate surface area is 176 Å². The molecule has 5 nitrogen and oxygen atoms in total. The maximum atomic E-state index is 12.3. The number of aromatic amines is 1. The summed E-state index contributed by atoms with van der Waals surface area (Å²) in [6.07, 6.45) is 1.58. The van der Waals surface area contributed by atoms with Crippen LogP contribution >= 0.6 is 34.8 Å². The van der Waals surface area contributed by atoms with Crippen LogP contribution in [0.5, 0.6) is 11.5 Å². The highest BCUT2D eigenvalue weighted by Crippen LogP contribution is 2.38. The molecule has 3 rings (SSSR count). The van der Waals surface area contributed by atoms with E-state index in [1.807, 2.05) is 13.8 Å². The molecular formula is C20H17Cl3N2O3. The van der Waals surface area contributed by atoms with Crippen molar-refractivity contribution in [2.24, 2.45) is 0 Å². The Morgan fingerprint density at radius 2 is 1.96 bits per heavy atom. The summed E-state index contributed by atoms with van der Waals surface area (Å²) >= 11 is 18.7. The minimum atomic E-state index is -0.328. The van der Waals surface area contributed by atoms with Gasteiger partial charge in [-0.15, -0.1) is 0 Å². The first-order valence-electron chi connectivity index (χ1n) is 8.40. The number of H-pyrrole nitrogens is 1. The van der Waals surface area contributed by atoms with Crippen LogP contribution in [0.2, 0.25) is 10.0 Å². The second kappa shape index (κ2) is 8.43. The van der Waals surface area contributed by atoms with Gasteiger partial charge < -0.3 is 14.5 Å². The Morgan fingerprint density at radius 1 is 1.21 bits per heavy atom. The summed E-state index contributed by atoms with van der Waals surface area (Å²) in [7, 11) is 1.53. The summed E-state index contributed by atoms with van der Waals surface area (Å²) in [6, 6.07) is 8.32. The molecule has 0 saturated heterocycles. The third-order valence-corrected chi connectivity index (χ3v) is 4.60. The van der Waals surface area contributed by atoms with Crippen molar-refractivity contribution in [1.29, 1.82) is 0 Å². The number of fused-ring (bicyclic) bond motifs is 1. The fraction of sp³-hybridized carbons (Fsp3) is 0.200. The van der Waals surface area contributed by atoms with E-state index in [0.717, 1.165) is 0 Å². The first-order chi connectivity index (χ1) is 13.3. The number of rotatable bonds is 5.